The first-order valence-electron chi connectivity index (χ1n) is 8.10. The van der Waals surface area contributed by atoms with Crippen LogP contribution in [0.1, 0.15) is 13.8 Å². The molecule has 1 amide bonds. The third kappa shape index (κ3) is 4.61. The number of hydrogen-bond acceptors (Lipinski definition) is 4. The smallest absolute Gasteiger partial charge is 0.243 e. The van der Waals surface area contributed by atoms with Gasteiger partial charge in [-0.25, -0.2) is 8.42 Å². The fraction of sp³-hybridized carbons (Fsp3) is 0.316. The van der Waals surface area contributed by atoms with Gasteiger partial charge in [-0.15, -0.1) is 11.8 Å². The van der Waals surface area contributed by atoms with Crippen LogP contribution >= 0.6 is 23.4 Å². The van der Waals surface area contributed by atoms with E-state index < -0.39 is 20.5 Å². The van der Waals surface area contributed by atoms with Crippen LogP contribution in [0.2, 0.25) is 5.02 Å². The molecule has 7 heteroatoms. The van der Waals surface area contributed by atoms with Gasteiger partial charge < -0.3 is 4.90 Å². The van der Waals surface area contributed by atoms with E-state index in [0.717, 1.165) is 4.90 Å². The minimum absolute atomic E-state index is 0.0901. The van der Waals surface area contributed by atoms with Crippen LogP contribution in [-0.2, 0) is 14.6 Å². The fourth-order valence-electron chi connectivity index (χ4n) is 2.40. The molecule has 0 aliphatic rings. The number of benzene rings is 2. The van der Waals surface area contributed by atoms with Gasteiger partial charge in [-0.3, -0.25) is 4.79 Å². The number of hydrogen-bond donors (Lipinski definition) is 0. The predicted octanol–water partition coefficient (Wildman–Crippen LogP) is 4.14. The van der Waals surface area contributed by atoms with E-state index >= 15 is 0 Å². The molecule has 0 heterocycles. The molecule has 2 aromatic rings. The maximum Gasteiger partial charge on any atom is 0.243 e. The molecule has 0 unspecified atom stereocenters. The van der Waals surface area contributed by atoms with Gasteiger partial charge in [-0.05, 0) is 50.2 Å². The molecule has 0 spiro atoms. The standard InChI is InChI=1S/C19H22ClNO3S2/c1-19(2,26(23,24)17-11-9-15(20)10-12-17)18(22)21(3)13-14-25-16-7-5-4-6-8-16/h4-12H,13-14H2,1-3H3. The quantitative estimate of drug-likeness (QED) is 0.642. The summed E-state index contributed by atoms with van der Waals surface area (Å²) in [6, 6.07) is 15.7. The normalized spacial score (nSPS) is 12.0. The van der Waals surface area contributed by atoms with Crippen LogP contribution in [0.3, 0.4) is 0 Å². The van der Waals surface area contributed by atoms with Crippen LogP contribution in [0.25, 0.3) is 0 Å². The number of carbonyl (C=O) groups excluding carboxylic acids is 1. The Kier molecular flexibility index (Phi) is 6.77. The number of sulfone groups is 1. The van der Waals surface area contributed by atoms with Crippen LogP contribution < -0.4 is 0 Å². The van der Waals surface area contributed by atoms with E-state index in [9.17, 15) is 13.2 Å². The zero-order valence-corrected chi connectivity index (χ0v) is 17.4. The first-order chi connectivity index (χ1) is 12.2. The summed E-state index contributed by atoms with van der Waals surface area (Å²) >= 11 is 7.45. The van der Waals surface area contributed by atoms with Gasteiger partial charge in [0.15, 0.2) is 9.84 Å². The summed E-state index contributed by atoms with van der Waals surface area (Å²) in [5.41, 5.74) is 0. The number of rotatable bonds is 7. The predicted molar refractivity (Wildman–Crippen MR) is 108 cm³/mol. The minimum Gasteiger partial charge on any atom is -0.344 e. The molecule has 2 aromatic carbocycles. The molecule has 0 aromatic heterocycles. The molecule has 0 N–H and O–H groups in total. The van der Waals surface area contributed by atoms with Gasteiger partial charge in [-0.2, -0.15) is 0 Å². The third-order valence-corrected chi connectivity index (χ3v) is 7.75. The topological polar surface area (TPSA) is 54.5 Å². The summed E-state index contributed by atoms with van der Waals surface area (Å²) in [5.74, 6) is 0.254. The SMILES string of the molecule is CN(CCSc1ccccc1)C(=O)C(C)(C)S(=O)(=O)c1ccc(Cl)cc1. The fourth-order valence-corrected chi connectivity index (χ4v) is 4.95. The molecule has 140 valence electrons. The van der Waals surface area contributed by atoms with E-state index in [1.165, 1.54) is 43.0 Å². The number of nitrogens with zero attached hydrogens (tertiary/aromatic N) is 1. The molecular weight excluding hydrogens is 390 g/mol. The van der Waals surface area contributed by atoms with E-state index in [4.69, 9.17) is 11.6 Å². The van der Waals surface area contributed by atoms with Crippen LogP contribution in [0.15, 0.2) is 64.4 Å². The molecule has 4 nitrogen and oxygen atoms in total. The van der Waals surface area contributed by atoms with E-state index in [2.05, 4.69) is 0 Å². The van der Waals surface area contributed by atoms with Crippen molar-refractivity contribution in [2.75, 3.05) is 19.3 Å². The van der Waals surface area contributed by atoms with Gasteiger partial charge in [0.1, 0.15) is 4.75 Å². The molecule has 0 saturated carbocycles. The van der Waals surface area contributed by atoms with Crippen molar-refractivity contribution in [3.05, 3.63) is 59.6 Å². The molecule has 0 bridgehead atoms. The number of amides is 1. The summed E-state index contributed by atoms with van der Waals surface area (Å²) < 4.78 is 24.3. The minimum atomic E-state index is -3.83. The summed E-state index contributed by atoms with van der Waals surface area (Å²) in [4.78, 5) is 15.5. The van der Waals surface area contributed by atoms with E-state index in [-0.39, 0.29) is 4.90 Å². The largest absolute Gasteiger partial charge is 0.344 e. The van der Waals surface area contributed by atoms with Gasteiger partial charge in [0, 0.05) is 29.3 Å². The highest BCUT2D eigenvalue weighted by atomic mass is 35.5. The lowest BCUT2D eigenvalue weighted by Crippen LogP contribution is -2.49. The number of thioether (sulfide) groups is 1. The molecule has 0 saturated heterocycles. The monoisotopic (exact) mass is 411 g/mol. The van der Waals surface area contributed by atoms with E-state index in [0.29, 0.717) is 17.3 Å². The summed E-state index contributed by atoms with van der Waals surface area (Å²) in [6.07, 6.45) is 0. The number of carbonyl (C=O) groups is 1. The molecule has 0 fully saturated rings. The first-order valence-corrected chi connectivity index (χ1v) is 10.9. The summed E-state index contributed by atoms with van der Waals surface area (Å²) in [6.45, 7) is 3.35. The Bertz CT molecular complexity index is 850. The highest BCUT2D eigenvalue weighted by molar-refractivity contribution is 7.99. The highest BCUT2D eigenvalue weighted by Gasteiger charge is 2.44. The Morgan fingerprint density at radius 2 is 1.65 bits per heavy atom. The van der Waals surface area contributed by atoms with Crippen molar-refractivity contribution in [3.8, 4) is 0 Å². The maximum atomic E-state index is 12.9. The van der Waals surface area contributed by atoms with Crippen molar-refractivity contribution in [1.82, 2.24) is 4.90 Å². The zero-order chi connectivity index (χ0) is 19.4. The maximum absolute atomic E-state index is 12.9. The molecule has 0 atom stereocenters. The van der Waals surface area contributed by atoms with Gasteiger partial charge in [0.05, 0.1) is 4.90 Å². The van der Waals surface area contributed by atoms with Crippen molar-refractivity contribution in [1.29, 1.82) is 0 Å². The lowest BCUT2D eigenvalue weighted by atomic mass is 10.2. The lowest BCUT2D eigenvalue weighted by molar-refractivity contribution is -0.131. The Morgan fingerprint density at radius 3 is 2.23 bits per heavy atom. The van der Waals surface area contributed by atoms with E-state index in [1.54, 1.807) is 18.8 Å². The molecule has 0 radical (unpaired) electrons. The van der Waals surface area contributed by atoms with Gasteiger partial charge in [0.25, 0.3) is 0 Å². The molecule has 2 rings (SSSR count). The van der Waals surface area contributed by atoms with Crippen LogP contribution in [0.5, 0.6) is 0 Å². The van der Waals surface area contributed by atoms with Crippen molar-refractivity contribution in [2.24, 2.45) is 0 Å². The van der Waals surface area contributed by atoms with E-state index in [1.807, 2.05) is 30.3 Å². The second-order valence-corrected chi connectivity index (χ2v) is 10.5. The Hall–Kier alpha value is -1.50. The molecule has 0 aliphatic heterocycles. The second kappa shape index (κ2) is 8.46. The molecule has 26 heavy (non-hydrogen) atoms. The van der Waals surface area contributed by atoms with Crippen LogP contribution in [0, 0.1) is 0 Å². The van der Waals surface area contributed by atoms with Gasteiger partial charge in [0.2, 0.25) is 5.91 Å². The molecule has 0 aliphatic carbocycles. The Balaban J connectivity index is 2.06. The average molecular weight is 412 g/mol. The highest BCUT2D eigenvalue weighted by Crippen LogP contribution is 2.28. The molecular formula is C19H22ClNO3S2. The van der Waals surface area contributed by atoms with Crippen molar-refractivity contribution in [3.63, 3.8) is 0 Å². The Labute approximate surface area is 164 Å². The lowest BCUT2D eigenvalue weighted by Gasteiger charge is -2.29. The van der Waals surface area contributed by atoms with Crippen molar-refractivity contribution >= 4 is 39.1 Å². The van der Waals surface area contributed by atoms with Gasteiger partial charge >= 0.3 is 0 Å². The third-order valence-electron chi connectivity index (χ3n) is 4.10. The van der Waals surface area contributed by atoms with Crippen LogP contribution in [0.4, 0.5) is 0 Å². The van der Waals surface area contributed by atoms with Crippen molar-refractivity contribution < 1.29 is 13.2 Å². The zero-order valence-electron chi connectivity index (χ0n) is 15.0. The number of halogens is 1. The van der Waals surface area contributed by atoms with Gasteiger partial charge in [-0.1, -0.05) is 29.8 Å². The summed E-state index contributed by atoms with van der Waals surface area (Å²) in [5, 5.41) is 0.447. The van der Waals surface area contributed by atoms with Crippen LogP contribution in [-0.4, -0.2) is 43.3 Å². The first kappa shape index (κ1) is 20.8. The second-order valence-electron chi connectivity index (χ2n) is 6.36. The van der Waals surface area contributed by atoms with Crippen molar-refractivity contribution in [2.45, 2.75) is 28.4 Å². The summed E-state index contributed by atoms with van der Waals surface area (Å²) in [7, 11) is -2.20. The Morgan fingerprint density at radius 1 is 1.08 bits per heavy atom. The average Bonchev–Trinajstić information content (AvgIpc) is 2.62.